The van der Waals surface area contributed by atoms with Gasteiger partial charge in [-0.3, -0.25) is 0 Å². The second kappa shape index (κ2) is 24.0. The van der Waals surface area contributed by atoms with Crippen molar-refractivity contribution in [3.8, 4) is 0 Å². The second-order valence-electron chi connectivity index (χ2n) is 1.62. The van der Waals surface area contributed by atoms with Crippen molar-refractivity contribution >= 4 is 0 Å². The van der Waals surface area contributed by atoms with Crippen LogP contribution in [0.25, 0.3) is 0 Å². The van der Waals surface area contributed by atoms with E-state index in [0.717, 1.165) is 0 Å². The Kier molecular flexibility index (Phi) is 38.7. The molecule has 0 aromatic rings. The van der Waals surface area contributed by atoms with Crippen LogP contribution in [0.1, 0.15) is 34.6 Å². The molecule has 0 heterocycles. The minimum Gasteiger partial charge on any atom is -0.137 e. The highest BCUT2D eigenvalue weighted by Crippen LogP contribution is 1.82. The summed E-state index contributed by atoms with van der Waals surface area (Å²) < 4.78 is 0. The van der Waals surface area contributed by atoms with Gasteiger partial charge in [-0.05, 0) is 20.8 Å². The molecule has 0 aromatic carbocycles. The van der Waals surface area contributed by atoms with Crippen LogP contribution in [-0.4, -0.2) is 0 Å². The number of rotatable bonds is 0. The summed E-state index contributed by atoms with van der Waals surface area (Å²) in [6.45, 7) is 16.5. The molecule has 10 heavy (non-hydrogen) atoms. The molecule has 0 N–H and O–H groups in total. The monoisotopic (exact) mass is 140 g/mol. The van der Waals surface area contributed by atoms with Gasteiger partial charge in [-0.15, -0.1) is 5.73 Å². The van der Waals surface area contributed by atoms with Gasteiger partial charge < -0.3 is 0 Å². The van der Waals surface area contributed by atoms with Crippen LogP contribution >= 0.6 is 0 Å². The van der Waals surface area contributed by atoms with Crippen LogP contribution in [0.2, 0.25) is 0 Å². The predicted molar refractivity (Wildman–Crippen MR) is 51.2 cm³/mol. The SMILES string of the molecule is C=C=C.CC.CC=C(C)C. The molecule has 0 rings (SSSR count). The van der Waals surface area contributed by atoms with Crippen molar-refractivity contribution in [2.24, 2.45) is 0 Å². The number of hydrogen-bond acceptors (Lipinski definition) is 0. The fourth-order valence-electron chi connectivity index (χ4n) is 0. The summed E-state index contributed by atoms with van der Waals surface area (Å²) in [5.41, 5.74) is 3.63. The highest BCUT2D eigenvalue weighted by Gasteiger charge is 1.60. The number of hydrogen-bond donors (Lipinski definition) is 0. The molecule has 0 unspecified atom stereocenters. The van der Waals surface area contributed by atoms with Gasteiger partial charge in [-0.1, -0.05) is 38.7 Å². The highest BCUT2D eigenvalue weighted by atomic mass is 13.7. The first kappa shape index (κ1) is 16.1. The minimum atomic E-state index is 1.38. The Bertz CT molecular complexity index is 86.6. The van der Waals surface area contributed by atoms with Crippen LogP contribution < -0.4 is 0 Å². The van der Waals surface area contributed by atoms with Gasteiger partial charge in [0.25, 0.3) is 0 Å². The molecule has 0 spiro atoms. The Labute approximate surface area is 66.0 Å². The van der Waals surface area contributed by atoms with E-state index in [2.05, 4.69) is 38.8 Å². The van der Waals surface area contributed by atoms with Gasteiger partial charge in [0.05, 0.1) is 0 Å². The Balaban J connectivity index is -0.0000000847. The maximum absolute atomic E-state index is 3.12. The summed E-state index contributed by atoms with van der Waals surface area (Å²) in [7, 11) is 0. The molecule has 0 amide bonds. The van der Waals surface area contributed by atoms with Crippen molar-refractivity contribution < 1.29 is 0 Å². The third kappa shape index (κ3) is 179. The molecular weight excluding hydrogens is 120 g/mol. The van der Waals surface area contributed by atoms with Gasteiger partial charge >= 0.3 is 0 Å². The largest absolute Gasteiger partial charge is 0.137 e. The smallest absolute Gasteiger partial charge is 0.0442 e. The Morgan fingerprint density at radius 3 is 1.30 bits per heavy atom. The fourth-order valence-corrected chi connectivity index (χ4v) is 0. The van der Waals surface area contributed by atoms with Crippen molar-refractivity contribution in [1.29, 1.82) is 0 Å². The molecule has 0 heteroatoms. The van der Waals surface area contributed by atoms with Crippen LogP contribution in [-0.2, 0) is 0 Å². The summed E-state index contributed by atoms with van der Waals surface area (Å²) in [6, 6.07) is 0. The van der Waals surface area contributed by atoms with Crippen LogP contribution in [0.4, 0.5) is 0 Å². The molecular formula is C10H20. The molecule has 60 valence electrons. The predicted octanol–water partition coefficient (Wildman–Crippen LogP) is 3.96. The lowest BCUT2D eigenvalue weighted by Gasteiger charge is -1.74. The average molecular weight is 140 g/mol. The van der Waals surface area contributed by atoms with Crippen molar-refractivity contribution in [2.75, 3.05) is 0 Å². The van der Waals surface area contributed by atoms with Gasteiger partial charge in [0.1, 0.15) is 0 Å². The fraction of sp³-hybridized carbons (Fsp3) is 0.500. The van der Waals surface area contributed by atoms with E-state index in [1.807, 2.05) is 20.8 Å². The van der Waals surface area contributed by atoms with Gasteiger partial charge in [-0.2, -0.15) is 0 Å². The lowest BCUT2D eigenvalue weighted by Crippen LogP contribution is -1.52. The normalized spacial score (nSPS) is 4.90. The molecule has 0 fully saturated rings. The van der Waals surface area contributed by atoms with E-state index in [0.29, 0.717) is 0 Å². The van der Waals surface area contributed by atoms with E-state index in [9.17, 15) is 0 Å². The standard InChI is InChI=1S/C5H10.C3H4.C2H6/c1-4-5(2)3;1-3-2;1-2/h4H,1-3H3;1-2H2;1-2H3. The van der Waals surface area contributed by atoms with E-state index < -0.39 is 0 Å². The minimum absolute atomic E-state index is 1.38. The van der Waals surface area contributed by atoms with Gasteiger partial charge in [0.15, 0.2) is 0 Å². The maximum Gasteiger partial charge on any atom is -0.0442 e. The van der Waals surface area contributed by atoms with Crippen molar-refractivity contribution in [3.63, 3.8) is 0 Å². The van der Waals surface area contributed by atoms with Crippen LogP contribution in [0.5, 0.6) is 0 Å². The lowest BCUT2D eigenvalue weighted by atomic mass is 10.3. The quantitative estimate of drug-likeness (QED) is 0.353. The van der Waals surface area contributed by atoms with Crippen LogP contribution in [0.3, 0.4) is 0 Å². The summed E-state index contributed by atoms with van der Waals surface area (Å²) in [6.07, 6.45) is 2.08. The van der Waals surface area contributed by atoms with Crippen molar-refractivity contribution in [1.82, 2.24) is 0 Å². The first-order valence-corrected chi connectivity index (χ1v) is 3.57. The molecule has 0 aliphatic carbocycles. The molecule has 0 aliphatic rings. The Morgan fingerprint density at radius 1 is 1.20 bits per heavy atom. The van der Waals surface area contributed by atoms with Crippen LogP contribution in [0.15, 0.2) is 30.5 Å². The van der Waals surface area contributed by atoms with Gasteiger partial charge in [0.2, 0.25) is 0 Å². The van der Waals surface area contributed by atoms with E-state index >= 15 is 0 Å². The molecule has 0 aromatic heterocycles. The zero-order valence-corrected chi connectivity index (χ0v) is 7.99. The van der Waals surface area contributed by atoms with Gasteiger partial charge in [0, 0.05) is 0 Å². The topological polar surface area (TPSA) is 0 Å². The summed E-state index contributed by atoms with van der Waals surface area (Å²) >= 11 is 0. The van der Waals surface area contributed by atoms with Crippen LogP contribution in [0, 0.1) is 0 Å². The lowest BCUT2D eigenvalue weighted by molar-refractivity contribution is 1.36. The Morgan fingerprint density at radius 2 is 1.30 bits per heavy atom. The third-order valence-corrected chi connectivity index (χ3v) is 0.577. The highest BCUT2D eigenvalue weighted by molar-refractivity contribution is 4.88. The summed E-state index contributed by atoms with van der Waals surface area (Å²) in [5, 5.41) is 0. The maximum atomic E-state index is 3.12. The average Bonchev–Trinajstić information content (AvgIpc) is 1.94. The second-order valence-corrected chi connectivity index (χ2v) is 1.62. The molecule has 0 saturated heterocycles. The zero-order valence-electron chi connectivity index (χ0n) is 7.99. The molecule has 0 radical (unpaired) electrons. The first-order valence-electron chi connectivity index (χ1n) is 3.57. The molecule has 0 bridgehead atoms. The third-order valence-electron chi connectivity index (χ3n) is 0.577. The molecule has 0 atom stereocenters. The molecule has 0 aliphatic heterocycles. The van der Waals surface area contributed by atoms with E-state index in [4.69, 9.17) is 0 Å². The van der Waals surface area contributed by atoms with E-state index in [-0.39, 0.29) is 0 Å². The van der Waals surface area contributed by atoms with Crippen molar-refractivity contribution in [2.45, 2.75) is 34.6 Å². The first-order chi connectivity index (χ1) is 4.68. The number of allylic oxidation sites excluding steroid dienone is 2. The van der Waals surface area contributed by atoms with Gasteiger partial charge in [-0.25, -0.2) is 0 Å². The summed E-state index contributed by atoms with van der Waals surface area (Å²) in [4.78, 5) is 0. The Hall–Kier alpha value is -0.740. The molecule has 0 nitrogen and oxygen atoms in total. The van der Waals surface area contributed by atoms with E-state index in [1.54, 1.807) is 0 Å². The van der Waals surface area contributed by atoms with Crippen molar-refractivity contribution in [3.05, 3.63) is 30.5 Å². The van der Waals surface area contributed by atoms with E-state index in [1.165, 1.54) is 5.57 Å². The zero-order chi connectivity index (χ0) is 8.99. The molecule has 0 saturated carbocycles. The summed E-state index contributed by atoms with van der Waals surface area (Å²) in [5.74, 6) is 0.